The van der Waals surface area contributed by atoms with Gasteiger partial charge in [-0.2, -0.15) is 18.4 Å². The van der Waals surface area contributed by atoms with Gasteiger partial charge in [-0.15, -0.1) is 0 Å². The SMILES string of the molecule is CC(=O)Nc1ccc(OCC(C)(O)C(=O)Nc2ccc(C#N)c(C(F)(F)F)c2)cc1. The molecule has 7 nitrogen and oxygen atoms in total. The molecule has 2 aromatic carbocycles. The molecule has 2 amide bonds. The van der Waals surface area contributed by atoms with Crippen LogP contribution in [-0.2, 0) is 15.8 Å². The highest BCUT2D eigenvalue weighted by Crippen LogP contribution is 2.33. The Kier molecular flexibility index (Phi) is 6.69. The van der Waals surface area contributed by atoms with Gasteiger partial charge < -0.3 is 20.5 Å². The molecule has 0 heterocycles. The number of nitriles is 1. The summed E-state index contributed by atoms with van der Waals surface area (Å²) in [5.74, 6) is -0.940. The molecule has 30 heavy (non-hydrogen) atoms. The van der Waals surface area contributed by atoms with Crippen LogP contribution in [-0.4, -0.2) is 29.1 Å². The second kappa shape index (κ2) is 8.84. The molecule has 0 aliphatic carbocycles. The molecule has 10 heteroatoms. The summed E-state index contributed by atoms with van der Waals surface area (Å²) < 4.78 is 44.5. The maximum Gasteiger partial charge on any atom is 0.417 e. The van der Waals surface area contributed by atoms with Crippen molar-refractivity contribution in [2.24, 2.45) is 0 Å². The Morgan fingerprint density at radius 1 is 1.10 bits per heavy atom. The number of carbonyl (C=O) groups excluding carboxylic acids is 2. The van der Waals surface area contributed by atoms with Crippen molar-refractivity contribution in [3.63, 3.8) is 0 Å². The lowest BCUT2D eigenvalue weighted by molar-refractivity contribution is -0.138. The number of amides is 2. The molecule has 0 spiro atoms. The molecule has 0 saturated carbocycles. The Bertz CT molecular complexity index is 980. The highest BCUT2D eigenvalue weighted by Gasteiger charge is 2.35. The Morgan fingerprint density at radius 2 is 1.70 bits per heavy atom. The van der Waals surface area contributed by atoms with Gasteiger partial charge in [0.2, 0.25) is 5.91 Å². The van der Waals surface area contributed by atoms with E-state index in [1.54, 1.807) is 12.1 Å². The predicted molar refractivity (Wildman–Crippen MR) is 102 cm³/mol. The topological polar surface area (TPSA) is 111 Å². The van der Waals surface area contributed by atoms with Gasteiger partial charge in [0.25, 0.3) is 5.91 Å². The number of hydrogen-bond donors (Lipinski definition) is 3. The van der Waals surface area contributed by atoms with Gasteiger partial charge in [0.05, 0.1) is 17.2 Å². The third-order valence-corrected chi connectivity index (χ3v) is 3.89. The first-order valence-corrected chi connectivity index (χ1v) is 8.58. The molecular weight excluding hydrogens is 403 g/mol. The highest BCUT2D eigenvalue weighted by molar-refractivity contribution is 5.97. The normalized spacial score (nSPS) is 13.0. The summed E-state index contributed by atoms with van der Waals surface area (Å²) in [7, 11) is 0. The van der Waals surface area contributed by atoms with Crippen LogP contribution in [0.15, 0.2) is 42.5 Å². The molecule has 0 bridgehead atoms. The van der Waals surface area contributed by atoms with Crippen molar-refractivity contribution in [1.29, 1.82) is 5.26 Å². The monoisotopic (exact) mass is 421 g/mol. The van der Waals surface area contributed by atoms with E-state index in [2.05, 4.69) is 10.6 Å². The Balaban J connectivity index is 2.05. The molecule has 0 radical (unpaired) electrons. The Morgan fingerprint density at radius 3 is 2.23 bits per heavy atom. The van der Waals surface area contributed by atoms with Crippen LogP contribution in [0.3, 0.4) is 0 Å². The van der Waals surface area contributed by atoms with E-state index in [0.717, 1.165) is 19.1 Å². The van der Waals surface area contributed by atoms with Gasteiger partial charge in [0.15, 0.2) is 5.60 Å². The first-order valence-electron chi connectivity index (χ1n) is 8.58. The number of nitrogens with zero attached hydrogens (tertiary/aromatic N) is 1. The number of benzene rings is 2. The zero-order chi connectivity index (χ0) is 22.5. The van der Waals surface area contributed by atoms with Crippen LogP contribution >= 0.6 is 0 Å². The number of aliphatic hydroxyl groups is 1. The number of carbonyl (C=O) groups is 2. The van der Waals surface area contributed by atoms with Crippen molar-refractivity contribution < 1.29 is 32.6 Å². The molecule has 0 aliphatic rings. The van der Waals surface area contributed by atoms with Gasteiger partial charge in [-0.3, -0.25) is 9.59 Å². The summed E-state index contributed by atoms with van der Waals surface area (Å²) in [5.41, 5.74) is -3.55. The van der Waals surface area contributed by atoms with E-state index in [1.165, 1.54) is 25.1 Å². The second-order valence-corrected chi connectivity index (χ2v) is 6.59. The number of anilines is 2. The molecule has 1 unspecified atom stereocenters. The Hall–Kier alpha value is -3.58. The van der Waals surface area contributed by atoms with Crippen LogP contribution in [0.4, 0.5) is 24.5 Å². The molecule has 2 aromatic rings. The van der Waals surface area contributed by atoms with E-state index in [1.807, 2.05) is 0 Å². The van der Waals surface area contributed by atoms with Crippen LogP contribution in [0.25, 0.3) is 0 Å². The van der Waals surface area contributed by atoms with E-state index >= 15 is 0 Å². The number of hydrogen-bond acceptors (Lipinski definition) is 5. The first kappa shape index (κ1) is 22.7. The molecule has 2 rings (SSSR count). The summed E-state index contributed by atoms with van der Waals surface area (Å²) >= 11 is 0. The predicted octanol–water partition coefficient (Wildman–Crippen LogP) is 3.30. The van der Waals surface area contributed by atoms with Gasteiger partial charge >= 0.3 is 6.18 Å². The van der Waals surface area contributed by atoms with Crippen molar-refractivity contribution in [3.05, 3.63) is 53.6 Å². The van der Waals surface area contributed by atoms with E-state index in [0.29, 0.717) is 17.5 Å². The highest BCUT2D eigenvalue weighted by atomic mass is 19.4. The van der Waals surface area contributed by atoms with Gasteiger partial charge in [-0.05, 0) is 49.4 Å². The van der Waals surface area contributed by atoms with Crippen LogP contribution in [0.2, 0.25) is 0 Å². The minimum Gasteiger partial charge on any atom is -0.490 e. The molecule has 0 saturated heterocycles. The number of nitrogens with one attached hydrogen (secondary N) is 2. The lowest BCUT2D eigenvalue weighted by Crippen LogP contribution is -2.45. The zero-order valence-corrected chi connectivity index (χ0v) is 16.0. The minimum atomic E-state index is -4.78. The molecule has 0 aromatic heterocycles. The maximum atomic E-state index is 13.0. The summed E-state index contributed by atoms with van der Waals surface area (Å²) in [6.45, 7) is 2.01. The first-order chi connectivity index (χ1) is 13.9. The van der Waals surface area contributed by atoms with Crippen LogP contribution in [0, 0.1) is 11.3 Å². The van der Waals surface area contributed by atoms with E-state index in [9.17, 15) is 27.9 Å². The van der Waals surface area contributed by atoms with E-state index in [4.69, 9.17) is 10.00 Å². The average molecular weight is 421 g/mol. The number of halogens is 3. The fourth-order valence-electron chi connectivity index (χ4n) is 2.35. The summed E-state index contributed by atoms with van der Waals surface area (Å²) in [6.07, 6.45) is -4.78. The van der Waals surface area contributed by atoms with Crippen molar-refractivity contribution in [2.75, 3.05) is 17.2 Å². The van der Waals surface area contributed by atoms with Crippen molar-refractivity contribution in [3.8, 4) is 11.8 Å². The summed E-state index contributed by atoms with van der Waals surface area (Å²) in [4.78, 5) is 23.3. The number of rotatable bonds is 6. The van der Waals surface area contributed by atoms with Crippen LogP contribution in [0.5, 0.6) is 5.75 Å². The molecular formula is C20H18F3N3O4. The molecule has 3 N–H and O–H groups in total. The number of alkyl halides is 3. The lowest BCUT2D eigenvalue weighted by Gasteiger charge is -2.23. The molecule has 0 fully saturated rings. The lowest BCUT2D eigenvalue weighted by atomic mass is 10.1. The largest absolute Gasteiger partial charge is 0.490 e. The fourth-order valence-corrected chi connectivity index (χ4v) is 2.35. The average Bonchev–Trinajstić information content (AvgIpc) is 2.66. The van der Waals surface area contributed by atoms with Gasteiger partial charge in [0, 0.05) is 18.3 Å². The zero-order valence-electron chi connectivity index (χ0n) is 16.0. The molecule has 0 aliphatic heterocycles. The van der Waals surface area contributed by atoms with Gasteiger partial charge in [-0.1, -0.05) is 0 Å². The van der Waals surface area contributed by atoms with Crippen LogP contribution in [0.1, 0.15) is 25.0 Å². The van der Waals surface area contributed by atoms with Crippen molar-refractivity contribution >= 4 is 23.2 Å². The Labute approximate surface area is 170 Å². The summed E-state index contributed by atoms with van der Waals surface area (Å²) in [6, 6.07) is 10.3. The molecule has 158 valence electrons. The number of ether oxygens (including phenoxy) is 1. The van der Waals surface area contributed by atoms with Gasteiger partial charge in [0.1, 0.15) is 12.4 Å². The van der Waals surface area contributed by atoms with Crippen molar-refractivity contribution in [1.82, 2.24) is 0 Å². The van der Waals surface area contributed by atoms with Crippen LogP contribution < -0.4 is 15.4 Å². The third-order valence-electron chi connectivity index (χ3n) is 3.89. The molecule has 1 atom stereocenters. The second-order valence-electron chi connectivity index (χ2n) is 6.59. The minimum absolute atomic E-state index is 0.230. The maximum absolute atomic E-state index is 13.0. The van der Waals surface area contributed by atoms with E-state index in [-0.39, 0.29) is 11.6 Å². The van der Waals surface area contributed by atoms with Gasteiger partial charge in [-0.25, -0.2) is 0 Å². The standard InChI is InChI=1S/C20H18F3N3O4/c1-12(27)25-14-5-7-16(8-6-14)30-11-19(2,29)18(28)26-15-4-3-13(10-24)17(9-15)20(21,22)23/h3-9,29H,11H2,1-2H3,(H,25,27)(H,26,28). The van der Waals surface area contributed by atoms with E-state index < -0.39 is 35.4 Å². The smallest absolute Gasteiger partial charge is 0.417 e. The van der Waals surface area contributed by atoms with Crippen molar-refractivity contribution in [2.45, 2.75) is 25.6 Å². The fraction of sp³-hybridized carbons (Fsp3) is 0.250. The quantitative estimate of drug-likeness (QED) is 0.663. The summed E-state index contributed by atoms with van der Waals surface area (Å²) in [5, 5.41) is 23.9. The third kappa shape index (κ3) is 5.96.